The number of aliphatic hydroxyl groups is 1. The fraction of sp³-hybridized carbons (Fsp3) is 0.105. The van der Waals surface area contributed by atoms with Crippen LogP contribution in [-0.4, -0.2) is 29.7 Å². The highest BCUT2D eigenvalue weighted by Crippen LogP contribution is 2.19. The summed E-state index contributed by atoms with van der Waals surface area (Å²) in [7, 11) is 0. The lowest BCUT2D eigenvalue weighted by molar-refractivity contribution is 0.282. The third-order valence-electron chi connectivity index (χ3n) is 4.05. The molecule has 6 heteroatoms. The van der Waals surface area contributed by atoms with Gasteiger partial charge in [-0.2, -0.15) is 0 Å². The predicted molar refractivity (Wildman–Crippen MR) is 94.0 cm³/mol. The maximum Gasteiger partial charge on any atom is 0.113 e. The van der Waals surface area contributed by atoms with Crippen molar-refractivity contribution in [2.75, 3.05) is 0 Å². The van der Waals surface area contributed by atoms with Gasteiger partial charge in [0, 0.05) is 23.6 Å². The second-order valence-corrected chi connectivity index (χ2v) is 5.79. The first-order valence-electron chi connectivity index (χ1n) is 7.99. The Balaban J connectivity index is 1.50. The van der Waals surface area contributed by atoms with Gasteiger partial charge in [0.1, 0.15) is 5.69 Å². The van der Waals surface area contributed by atoms with Crippen molar-refractivity contribution in [1.82, 2.24) is 24.5 Å². The molecule has 0 fully saturated rings. The molecule has 2 heterocycles. The van der Waals surface area contributed by atoms with Crippen molar-refractivity contribution in [2.24, 2.45) is 0 Å². The van der Waals surface area contributed by atoms with Crippen LogP contribution in [0, 0.1) is 0 Å². The minimum absolute atomic E-state index is 0.0584. The Bertz CT molecular complexity index is 940. The molecule has 0 radical (unpaired) electrons. The summed E-state index contributed by atoms with van der Waals surface area (Å²) in [4.78, 5) is 4.06. The monoisotopic (exact) mass is 331 g/mol. The summed E-state index contributed by atoms with van der Waals surface area (Å²) in [6.45, 7) is 0.703. The van der Waals surface area contributed by atoms with Gasteiger partial charge in [-0.15, -0.1) is 5.10 Å². The molecule has 0 aliphatic carbocycles. The Kier molecular flexibility index (Phi) is 4.10. The average molecular weight is 331 g/mol. The van der Waals surface area contributed by atoms with E-state index < -0.39 is 0 Å². The molecule has 0 aliphatic rings. The zero-order valence-corrected chi connectivity index (χ0v) is 13.5. The van der Waals surface area contributed by atoms with Crippen LogP contribution in [0.2, 0.25) is 0 Å². The lowest BCUT2D eigenvalue weighted by Crippen LogP contribution is -2.00. The first kappa shape index (κ1) is 15.3. The molecule has 124 valence electrons. The Morgan fingerprint density at radius 3 is 2.36 bits per heavy atom. The molecule has 0 spiro atoms. The number of aliphatic hydroxyl groups excluding tert-OH is 1. The summed E-state index contributed by atoms with van der Waals surface area (Å²) in [5.74, 6) is 0. The zero-order valence-electron chi connectivity index (χ0n) is 13.5. The van der Waals surface area contributed by atoms with Gasteiger partial charge in [0.15, 0.2) is 0 Å². The van der Waals surface area contributed by atoms with E-state index in [1.807, 2.05) is 70.2 Å². The summed E-state index contributed by atoms with van der Waals surface area (Å²) < 4.78 is 3.77. The standard InChI is InChI=1S/C19H17N5O/c25-13-16-3-1-15(2-4-16)11-24-12-19(21-22-24)17-5-7-18(8-6-17)23-10-9-20-14-23/h1-10,12,14,25H,11,13H2. The van der Waals surface area contributed by atoms with Crippen molar-refractivity contribution in [2.45, 2.75) is 13.2 Å². The number of hydrogen-bond donors (Lipinski definition) is 1. The Morgan fingerprint density at radius 2 is 1.68 bits per heavy atom. The van der Waals surface area contributed by atoms with E-state index in [0.29, 0.717) is 6.54 Å². The molecular formula is C19H17N5O. The molecule has 1 N–H and O–H groups in total. The minimum atomic E-state index is 0.0584. The molecule has 0 unspecified atom stereocenters. The van der Waals surface area contributed by atoms with Crippen molar-refractivity contribution < 1.29 is 5.11 Å². The Morgan fingerprint density at radius 1 is 0.920 bits per heavy atom. The maximum absolute atomic E-state index is 9.10. The van der Waals surface area contributed by atoms with Crippen molar-refractivity contribution in [3.8, 4) is 16.9 Å². The van der Waals surface area contributed by atoms with E-state index in [1.165, 1.54) is 0 Å². The SMILES string of the molecule is OCc1ccc(Cn2cc(-c3ccc(-n4ccnc4)cc3)nn2)cc1. The maximum atomic E-state index is 9.10. The van der Waals surface area contributed by atoms with Crippen molar-refractivity contribution in [3.63, 3.8) is 0 Å². The normalized spacial score (nSPS) is 10.9. The molecule has 2 aromatic heterocycles. The number of nitrogens with zero attached hydrogens (tertiary/aromatic N) is 5. The second-order valence-electron chi connectivity index (χ2n) is 5.79. The zero-order chi connectivity index (χ0) is 17.1. The lowest BCUT2D eigenvalue weighted by Gasteiger charge is -2.03. The molecule has 4 rings (SSSR count). The van der Waals surface area contributed by atoms with Gasteiger partial charge in [-0.1, -0.05) is 41.6 Å². The Labute approximate surface area is 145 Å². The van der Waals surface area contributed by atoms with Crippen LogP contribution >= 0.6 is 0 Å². The lowest BCUT2D eigenvalue weighted by atomic mass is 10.1. The molecule has 0 aliphatic heterocycles. The molecule has 0 saturated carbocycles. The van der Waals surface area contributed by atoms with Gasteiger partial charge in [0.05, 0.1) is 25.7 Å². The average Bonchev–Trinajstić information content (AvgIpc) is 3.35. The first-order chi connectivity index (χ1) is 12.3. The van der Waals surface area contributed by atoms with E-state index in [0.717, 1.165) is 28.1 Å². The van der Waals surface area contributed by atoms with E-state index in [1.54, 1.807) is 12.5 Å². The van der Waals surface area contributed by atoms with E-state index in [9.17, 15) is 0 Å². The van der Waals surface area contributed by atoms with Gasteiger partial charge in [0.25, 0.3) is 0 Å². The highest BCUT2D eigenvalue weighted by molar-refractivity contribution is 5.59. The molecule has 4 aromatic rings. The van der Waals surface area contributed by atoms with Crippen molar-refractivity contribution >= 4 is 0 Å². The summed E-state index contributed by atoms with van der Waals surface area (Å²) >= 11 is 0. The molecule has 0 amide bonds. The van der Waals surface area contributed by atoms with Gasteiger partial charge >= 0.3 is 0 Å². The van der Waals surface area contributed by atoms with E-state index in [2.05, 4.69) is 15.3 Å². The van der Waals surface area contributed by atoms with Gasteiger partial charge < -0.3 is 9.67 Å². The Hall–Kier alpha value is -3.25. The van der Waals surface area contributed by atoms with Crippen LogP contribution in [0.3, 0.4) is 0 Å². The van der Waals surface area contributed by atoms with Crippen LogP contribution < -0.4 is 0 Å². The second kappa shape index (κ2) is 6.70. The summed E-state index contributed by atoms with van der Waals surface area (Å²) in [5.41, 5.74) is 4.93. The highest BCUT2D eigenvalue weighted by Gasteiger charge is 2.05. The number of rotatable bonds is 5. The van der Waals surface area contributed by atoms with E-state index in [-0.39, 0.29) is 6.61 Å². The van der Waals surface area contributed by atoms with Crippen LogP contribution in [0.4, 0.5) is 0 Å². The van der Waals surface area contributed by atoms with Crippen LogP contribution in [0.25, 0.3) is 16.9 Å². The quantitative estimate of drug-likeness (QED) is 0.610. The van der Waals surface area contributed by atoms with Crippen molar-refractivity contribution in [1.29, 1.82) is 0 Å². The minimum Gasteiger partial charge on any atom is -0.392 e. The summed E-state index contributed by atoms with van der Waals surface area (Å²) in [6.07, 6.45) is 7.37. The van der Waals surface area contributed by atoms with E-state index >= 15 is 0 Å². The van der Waals surface area contributed by atoms with Crippen LogP contribution in [0.1, 0.15) is 11.1 Å². The molecule has 0 atom stereocenters. The number of hydrogen-bond acceptors (Lipinski definition) is 4. The van der Waals surface area contributed by atoms with Gasteiger partial charge in [-0.25, -0.2) is 9.67 Å². The molecule has 25 heavy (non-hydrogen) atoms. The van der Waals surface area contributed by atoms with Crippen LogP contribution in [0.5, 0.6) is 0 Å². The highest BCUT2D eigenvalue weighted by atomic mass is 16.3. The fourth-order valence-electron chi connectivity index (χ4n) is 2.66. The topological polar surface area (TPSA) is 68.8 Å². The first-order valence-corrected chi connectivity index (χ1v) is 7.99. The van der Waals surface area contributed by atoms with E-state index in [4.69, 9.17) is 5.11 Å². The molecule has 0 saturated heterocycles. The van der Waals surface area contributed by atoms with Gasteiger partial charge in [-0.05, 0) is 23.3 Å². The molecule has 2 aromatic carbocycles. The van der Waals surface area contributed by atoms with Gasteiger partial charge in [0.2, 0.25) is 0 Å². The summed E-state index contributed by atoms with van der Waals surface area (Å²) in [5, 5.41) is 17.6. The van der Waals surface area contributed by atoms with Gasteiger partial charge in [-0.3, -0.25) is 0 Å². The van der Waals surface area contributed by atoms with Crippen LogP contribution in [-0.2, 0) is 13.2 Å². The largest absolute Gasteiger partial charge is 0.392 e. The van der Waals surface area contributed by atoms with Crippen molar-refractivity contribution in [3.05, 3.63) is 84.6 Å². The third kappa shape index (κ3) is 3.34. The smallest absolute Gasteiger partial charge is 0.113 e. The number of benzene rings is 2. The number of imidazole rings is 1. The molecule has 0 bridgehead atoms. The third-order valence-corrected chi connectivity index (χ3v) is 4.05. The summed E-state index contributed by atoms with van der Waals surface area (Å²) in [6, 6.07) is 15.9. The molecule has 6 nitrogen and oxygen atoms in total. The van der Waals surface area contributed by atoms with Crippen LogP contribution in [0.15, 0.2) is 73.4 Å². The predicted octanol–water partition coefficient (Wildman–Crippen LogP) is 2.67. The fourth-order valence-corrected chi connectivity index (χ4v) is 2.66. The molecular weight excluding hydrogens is 314 g/mol. The number of aromatic nitrogens is 5.